The van der Waals surface area contributed by atoms with Crippen LogP contribution in [0.1, 0.15) is 26.7 Å². The Labute approximate surface area is 118 Å². The van der Waals surface area contributed by atoms with E-state index >= 15 is 0 Å². The molecule has 7 heteroatoms. The highest BCUT2D eigenvalue weighted by molar-refractivity contribution is 5.62. The lowest BCUT2D eigenvalue weighted by atomic mass is 10.3. The van der Waals surface area contributed by atoms with Gasteiger partial charge >= 0.3 is 5.69 Å². The van der Waals surface area contributed by atoms with Crippen molar-refractivity contribution >= 4 is 11.5 Å². The largest absolute Gasteiger partial charge is 0.392 e. The summed E-state index contributed by atoms with van der Waals surface area (Å²) in [4.78, 5) is 25.9. The molecule has 1 unspecified atom stereocenters. The van der Waals surface area contributed by atoms with Crippen LogP contribution in [0.4, 0.5) is 11.5 Å². The summed E-state index contributed by atoms with van der Waals surface area (Å²) in [5, 5.41) is 9.44. The lowest BCUT2D eigenvalue weighted by molar-refractivity contribution is 0.201. The number of nitrogen functional groups attached to an aromatic ring is 1. The van der Waals surface area contributed by atoms with Gasteiger partial charge in [-0.2, -0.15) is 0 Å². The topological polar surface area (TPSA) is 93.5 Å². The molecule has 0 fully saturated rings. The highest BCUT2D eigenvalue weighted by Crippen LogP contribution is 2.16. The molecule has 7 nitrogen and oxygen atoms in total. The second-order valence-corrected chi connectivity index (χ2v) is 5.12. The summed E-state index contributed by atoms with van der Waals surface area (Å²) in [7, 11) is 3.11. The van der Waals surface area contributed by atoms with Crippen LogP contribution in [-0.2, 0) is 13.6 Å². The Hall–Kier alpha value is -1.76. The standard InChI is InChI=1S/C13H24N4O3/c1-5-6-7-17-11(14)10(15(3)8-9(2)18)12(19)16(4)13(17)20/h9,18H,5-8,14H2,1-4H3. The SMILES string of the molecule is CCCCn1c(N)c(N(C)CC(C)O)c(=O)n(C)c1=O. The minimum absolute atomic E-state index is 0.162. The summed E-state index contributed by atoms with van der Waals surface area (Å²) in [6.07, 6.45) is 1.13. The molecular formula is C13H24N4O3. The molecule has 20 heavy (non-hydrogen) atoms. The first-order valence-corrected chi connectivity index (χ1v) is 6.79. The predicted molar refractivity (Wildman–Crippen MR) is 80.2 cm³/mol. The van der Waals surface area contributed by atoms with E-state index in [1.54, 1.807) is 18.9 Å². The summed E-state index contributed by atoms with van der Waals surface area (Å²) < 4.78 is 2.47. The molecule has 1 aromatic heterocycles. The van der Waals surface area contributed by atoms with E-state index < -0.39 is 17.4 Å². The Bertz CT molecular complexity index is 574. The molecule has 0 saturated carbocycles. The van der Waals surface area contributed by atoms with E-state index in [1.165, 1.54) is 11.6 Å². The molecule has 0 aliphatic carbocycles. The van der Waals surface area contributed by atoms with Crippen molar-refractivity contribution in [2.24, 2.45) is 7.05 Å². The maximum Gasteiger partial charge on any atom is 0.332 e. The van der Waals surface area contributed by atoms with Gasteiger partial charge in [-0.1, -0.05) is 13.3 Å². The number of nitrogens with two attached hydrogens (primary N) is 1. The van der Waals surface area contributed by atoms with Crippen LogP contribution in [0, 0.1) is 0 Å². The first kappa shape index (κ1) is 16.3. The van der Waals surface area contributed by atoms with Crippen LogP contribution in [-0.4, -0.2) is 33.9 Å². The zero-order valence-electron chi connectivity index (χ0n) is 12.6. The first-order chi connectivity index (χ1) is 9.31. The number of aliphatic hydroxyl groups excluding tert-OH is 1. The average Bonchev–Trinajstić information content (AvgIpc) is 2.35. The predicted octanol–water partition coefficient (Wildman–Crippen LogP) is -0.254. The van der Waals surface area contributed by atoms with E-state index in [9.17, 15) is 14.7 Å². The molecule has 0 aromatic carbocycles. The van der Waals surface area contributed by atoms with E-state index in [0.717, 1.165) is 17.4 Å². The molecule has 0 spiro atoms. The van der Waals surface area contributed by atoms with Gasteiger partial charge in [0, 0.05) is 27.2 Å². The summed E-state index contributed by atoms with van der Waals surface area (Å²) >= 11 is 0. The van der Waals surface area contributed by atoms with Crippen LogP contribution in [0.25, 0.3) is 0 Å². The number of hydrogen-bond acceptors (Lipinski definition) is 5. The molecule has 0 radical (unpaired) electrons. The second-order valence-electron chi connectivity index (χ2n) is 5.12. The number of aromatic nitrogens is 2. The second kappa shape index (κ2) is 6.60. The molecule has 0 amide bonds. The van der Waals surface area contributed by atoms with E-state index in [2.05, 4.69) is 0 Å². The van der Waals surface area contributed by atoms with Crippen LogP contribution in [0.2, 0.25) is 0 Å². The van der Waals surface area contributed by atoms with Crippen molar-refractivity contribution in [2.45, 2.75) is 39.3 Å². The van der Waals surface area contributed by atoms with Gasteiger partial charge in [0.1, 0.15) is 11.5 Å². The van der Waals surface area contributed by atoms with E-state index in [4.69, 9.17) is 5.73 Å². The van der Waals surface area contributed by atoms with Gasteiger partial charge in [0.2, 0.25) is 0 Å². The molecule has 114 valence electrons. The number of rotatable bonds is 6. The molecule has 3 N–H and O–H groups in total. The van der Waals surface area contributed by atoms with E-state index in [0.29, 0.717) is 6.54 Å². The highest BCUT2D eigenvalue weighted by atomic mass is 16.3. The van der Waals surface area contributed by atoms with Gasteiger partial charge in [-0.25, -0.2) is 4.79 Å². The molecular weight excluding hydrogens is 260 g/mol. The fourth-order valence-electron chi connectivity index (χ4n) is 2.15. The van der Waals surface area contributed by atoms with E-state index in [1.807, 2.05) is 6.92 Å². The lowest BCUT2D eigenvalue weighted by Crippen LogP contribution is -2.43. The van der Waals surface area contributed by atoms with Crippen LogP contribution < -0.4 is 21.9 Å². The molecule has 0 saturated heterocycles. The molecule has 1 rings (SSSR count). The minimum atomic E-state index is -0.597. The lowest BCUT2D eigenvalue weighted by Gasteiger charge is -2.24. The number of hydrogen-bond donors (Lipinski definition) is 2. The number of nitrogens with zero attached hydrogens (tertiary/aromatic N) is 3. The van der Waals surface area contributed by atoms with Gasteiger partial charge in [-0.05, 0) is 13.3 Å². The third kappa shape index (κ3) is 3.22. The summed E-state index contributed by atoms with van der Waals surface area (Å²) in [6.45, 7) is 4.39. The van der Waals surface area contributed by atoms with Gasteiger partial charge in [-0.3, -0.25) is 13.9 Å². The van der Waals surface area contributed by atoms with Crippen LogP contribution in [0.5, 0.6) is 0 Å². The fraction of sp³-hybridized carbons (Fsp3) is 0.692. The zero-order valence-corrected chi connectivity index (χ0v) is 12.6. The summed E-state index contributed by atoms with van der Waals surface area (Å²) in [5.41, 5.74) is 5.40. The Balaban J connectivity index is 3.40. The average molecular weight is 284 g/mol. The molecule has 0 aliphatic heterocycles. The molecule has 1 atom stereocenters. The number of anilines is 2. The Morgan fingerprint density at radius 2 is 2.00 bits per heavy atom. The Kier molecular flexibility index (Phi) is 5.38. The first-order valence-electron chi connectivity index (χ1n) is 6.79. The highest BCUT2D eigenvalue weighted by Gasteiger charge is 2.19. The van der Waals surface area contributed by atoms with Crippen molar-refractivity contribution < 1.29 is 5.11 Å². The van der Waals surface area contributed by atoms with Gasteiger partial charge in [-0.15, -0.1) is 0 Å². The molecule has 1 heterocycles. The van der Waals surface area contributed by atoms with Gasteiger partial charge in [0.05, 0.1) is 6.10 Å². The Morgan fingerprint density at radius 1 is 1.40 bits per heavy atom. The van der Waals surface area contributed by atoms with Crippen molar-refractivity contribution in [3.63, 3.8) is 0 Å². The van der Waals surface area contributed by atoms with Crippen LogP contribution in [0.3, 0.4) is 0 Å². The van der Waals surface area contributed by atoms with Crippen LogP contribution >= 0.6 is 0 Å². The maximum atomic E-state index is 12.2. The van der Waals surface area contributed by atoms with Crippen molar-refractivity contribution in [2.75, 3.05) is 24.2 Å². The van der Waals surface area contributed by atoms with Crippen molar-refractivity contribution in [3.05, 3.63) is 20.8 Å². The van der Waals surface area contributed by atoms with Gasteiger partial charge in [0.25, 0.3) is 5.56 Å². The molecule has 0 aliphatic rings. The van der Waals surface area contributed by atoms with Gasteiger partial charge in [0.15, 0.2) is 0 Å². The number of unbranched alkanes of at least 4 members (excludes halogenated alkanes) is 1. The van der Waals surface area contributed by atoms with E-state index in [-0.39, 0.29) is 18.1 Å². The summed E-state index contributed by atoms with van der Waals surface area (Å²) in [5.74, 6) is 0.162. The van der Waals surface area contributed by atoms with Crippen molar-refractivity contribution in [1.29, 1.82) is 0 Å². The third-order valence-corrected chi connectivity index (χ3v) is 3.21. The Morgan fingerprint density at radius 3 is 2.50 bits per heavy atom. The summed E-state index contributed by atoms with van der Waals surface area (Å²) in [6, 6.07) is 0. The molecule has 1 aromatic rings. The monoisotopic (exact) mass is 284 g/mol. The normalized spacial score (nSPS) is 12.4. The van der Waals surface area contributed by atoms with Crippen LogP contribution in [0.15, 0.2) is 9.59 Å². The number of likely N-dealkylation sites (N-methyl/N-ethyl adjacent to an activating group) is 1. The van der Waals surface area contributed by atoms with Gasteiger partial charge < -0.3 is 15.7 Å². The smallest absolute Gasteiger partial charge is 0.332 e. The minimum Gasteiger partial charge on any atom is -0.392 e. The molecule has 0 bridgehead atoms. The van der Waals surface area contributed by atoms with Crippen molar-refractivity contribution in [3.8, 4) is 0 Å². The fourth-order valence-corrected chi connectivity index (χ4v) is 2.15. The maximum absolute atomic E-state index is 12.2. The quantitative estimate of drug-likeness (QED) is 0.751. The number of aliphatic hydroxyl groups is 1. The van der Waals surface area contributed by atoms with Crippen molar-refractivity contribution in [1.82, 2.24) is 9.13 Å². The third-order valence-electron chi connectivity index (χ3n) is 3.21. The zero-order chi connectivity index (χ0) is 15.4.